The van der Waals surface area contributed by atoms with E-state index in [-0.39, 0.29) is 31.1 Å². The first-order valence-electron chi connectivity index (χ1n) is 7.74. The highest BCUT2D eigenvalue weighted by Gasteiger charge is 2.32. The second kappa shape index (κ2) is 7.21. The fraction of sp³-hybridized carbons (Fsp3) is 0.222. The van der Waals surface area contributed by atoms with E-state index in [1.807, 2.05) is 0 Å². The summed E-state index contributed by atoms with van der Waals surface area (Å²) >= 11 is 6.12. The van der Waals surface area contributed by atoms with E-state index >= 15 is 0 Å². The smallest absolute Gasteiger partial charge is 0.256 e. The molecule has 0 saturated carbocycles. The number of halogens is 2. The first-order valence-corrected chi connectivity index (χ1v) is 8.12. The molecule has 25 heavy (non-hydrogen) atoms. The zero-order valence-electron chi connectivity index (χ0n) is 13.2. The molecular formula is C18H16ClFN2O3. The number of aliphatic hydroxyl groups excluding tert-OH is 1. The van der Waals surface area contributed by atoms with Crippen LogP contribution in [0, 0.1) is 5.82 Å². The van der Waals surface area contributed by atoms with E-state index in [0.717, 1.165) is 0 Å². The second-order valence-electron chi connectivity index (χ2n) is 5.71. The Balaban J connectivity index is 1.70. The summed E-state index contributed by atoms with van der Waals surface area (Å²) in [4.78, 5) is 27.7. The number of benzene rings is 2. The van der Waals surface area contributed by atoms with Gasteiger partial charge in [-0.3, -0.25) is 9.59 Å². The van der Waals surface area contributed by atoms with Crippen LogP contribution in [0.25, 0.3) is 0 Å². The van der Waals surface area contributed by atoms with Crippen LogP contribution in [0.5, 0.6) is 0 Å². The predicted molar refractivity (Wildman–Crippen MR) is 91.7 cm³/mol. The maximum Gasteiger partial charge on any atom is 0.256 e. The van der Waals surface area contributed by atoms with Crippen LogP contribution in [-0.4, -0.2) is 41.5 Å². The third-order valence-corrected chi connectivity index (χ3v) is 4.41. The maximum atomic E-state index is 13.0. The molecule has 0 spiro atoms. The summed E-state index contributed by atoms with van der Waals surface area (Å²) in [6.07, 6.45) is -1.43. The third-order valence-electron chi connectivity index (χ3n) is 4.10. The van der Waals surface area contributed by atoms with Crippen LogP contribution in [0.15, 0.2) is 48.5 Å². The summed E-state index contributed by atoms with van der Waals surface area (Å²) < 4.78 is 13.0. The molecule has 3 rings (SSSR count). The molecule has 2 aromatic rings. The van der Waals surface area contributed by atoms with Gasteiger partial charge in [-0.2, -0.15) is 0 Å². The van der Waals surface area contributed by atoms with Crippen LogP contribution in [-0.2, 0) is 9.59 Å². The number of para-hydroxylation sites is 1. The Kier molecular flexibility index (Phi) is 5.01. The van der Waals surface area contributed by atoms with Crippen LogP contribution in [0.3, 0.4) is 0 Å². The largest absolute Gasteiger partial charge is 0.378 e. The van der Waals surface area contributed by atoms with Crippen molar-refractivity contribution in [3.05, 3.63) is 64.9 Å². The lowest BCUT2D eigenvalue weighted by Gasteiger charge is -2.35. The molecule has 0 bridgehead atoms. The summed E-state index contributed by atoms with van der Waals surface area (Å²) in [6, 6.07) is 12.0. The Bertz CT molecular complexity index is 797. The summed E-state index contributed by atoms with van der Waals surface area (Å²) in [6.45, 7) is 0.404. The molecule has 0 aliphatic carbocycles. The van der Waals surface area contributed by atoms with Gasteiger partial charge in [-0.25, -0.2) is 4.39 Å². The van der Waals surface area contributed by atoms with Gasteiger partial charge in [0.15, 0.2) is 6.10 Å². The topological polar surface area (TPSA) is 60.9 Å². The van der Waals surface area contributed by atoms with E-state index in [0.29, 0.717) is 10.7 Å². The van der Waals surface area contributed by atoms with Gasteiger partial charge in [0.25, 0.3) is 5.91 Å². The number of amides is 2. The van der Waals surface area contributed by atoms with Gasteiger partial charge in [-0.15, -0.1) is 0 Å². The molecule has 1 aliphatic heterocycles. The van der Waals surface area contributed by atoms with Crippen molar-refractivity contribution >= 4 is 29.1 Å². The summed E-state index contributed by atoms with van der Waals surface area (Å²) in [7, 11) is 0. The van der Waals surface area contributed by atoms with Crippen molar-refractivity contribution in [2.75, 3.05) is 24.5 Å². The van der Waals surface area contributed by atoms with Crippen molar-refractivity contribution in [1.82, 2.24) is 4.90 Å². The van der Waals surface area contributed by atoms with Crippen molar-refractivity contribution < 1.29 is 19.1 Å². The molecule has 5 nitrogen and oxygen atoms in total. The maximum absolute atomic E-state index is 13.0. The molecule has 1 atom stereocenters. The Morgan fingerprint density at radius 3 is 2.44 bits per heavy atom. The minimum atomic E-state index is -1.43. The van der Waals surface area contributed by atoms with Crippen molar-refractivity contribution in [2.24, 2.45) is 0 Å². The number of anilines is 1. The van der Waals surface area contributed by atoms with Crippen molar-refractivity contribution in [3.63, 3.8) is 0 Å². The molecule has 1 heterocycles. The standard InChI is InChI=1S/C18H16ClFN2O3/c19-14-3-1-2-4-15(14)22-10-9-21(11-16(22)23)18(25)17(24)12-5-7-13(20)8-6-12/h1-8,17,24H,9-11H2. The van der Waals surface area contributed by atoms with Gasteiger partial charge < -0.3 is 14.9 Å². The lowest BCUT2D eigenvalue weighted by molar-refractivity contribution is -0.144. The number of hydrogen-bond donors (Lipinski definition) is 1. The second-order valence-corrected chi connectivity index (χ2v) is 6.12. The molecule has 130 valence electrons. The Labute approximate surface area is 149 Å². The number of piperazine rings is 1. The molecule has 1 unspecified atom stereocenters. The molecule has 1 saturated heterocycles. The number of carbonyl (C=O) groups is 2. The number of carbonyl (C=O) groups excluding carboxylic acids is 2. The monoisotopic (exact) mass is 362 g/mol. The fourth-order valence-electron chi connectivity index (χ4n) is 2.75. The molecule has 1 fully saturated rings. The molecule has 0 radical (unpaired) electrons. The quantitative estimate of drug-likeness (QED) is 0.912. The number of nitrogens with zero attached hydrogens (tertiary/aromatic N) is 2. The van der Waals surface area contributed by atoms with Gasteiger partial charge >= 0.3 is 0 Å². The van der Waals surface area contributed by atoms with Crippen molar-refractivity contribution in [2.45, 2.75) is 6.10 Å². The van der Waals surface area contributed by atoms with Gasteiger partial charge in [0.1, 0.15) is 12.4 Å². The van der Waals surface area contributed by atoms with Crippen molar-refractivity contribution in [1.29, 1.82) is 0 Å². The van der Waals surface area contributed by atoms with Crippen LogP contribution in [0.4, 0.5) is 10.1 Å². The van der Waals surface area contributed by atoms with Crippen LogP contribution >= 0.6 is 11.6 Å². The molecule has 7 heteroatoms. The van der Waals surface area contributed by atoms with E-state index in [4.69, 9.17) is 11.6 Å². The van der Waals surface area contributed by atoms with Gasteiger partial charge in [0.05, 0.1) is 10.7 Å². The number of rotatable bonds is 3. The first kappa shape index (κ1) is 17.4. The van der Waals surface area contributed by atoms with Crippen LogP contribution < -0.4 is 4.90 Å². The Morgan fingerprint density at radius 2 is 1.80 bits per heavy atom. The van der Waals surface area contributed by atoms with E-state index < -0.39 is 17.8 Å². The molecule has 2 aromatic carbocycles. The van der Waals surface area contributed by atoms with Crippen LogP contribution in [0.1, 0.15) is 11.7 Å². The highest BCUT2D eigenvalue weighted by atomic mass is 35.5. The number of aliphatic hydroxyl groups is 1. The predicted octanol–water partition coefficient (Wildman–Crippen LogP) is 2.39. The highest BCUT2D eigenvalue weighted by Crippen LogP contribution is 2.27. The van der Waals surface area contributed by atoms with Gasteiger partial charge in [-0.1, -0.05) is 35.9 Å². The zero-order chi connectivity index (χ0) is 18.0. The minimum absolute atomic E-state index is 0.150. The molecule has 1 N–H and O–H groups in total. The van der Waals surface area contributed by atoms with E-state index in [1.54, 1.807) is 24.3 Å². The van der Waals surface area contributed by atoms with Gasteiger partial charge in [0.2, 0.25) is 5.91 Å². The summed E-state index contributed by atoms with van der Waals surface area (Å²) in [5.41, 5.74) is 0.882. The highest BCUT2D eigenvalue weighted by molar-refractivity contribution is 6.33. The summed E-state index contributed by atoms with van der Waals surface area (Å²) in [5, 5.41) is 10.6. The normalized spacial score (nSPS) is 16.0. The van der Waals surface area contributed by atoms with Gasteiger partial charge in [0, 0.05) is 13.1 Å². The SMILES string of the molecule is O=C(C(O)c1ccc(F)cc1)N1CCN(c2ccccc2Cl)C(=O)C1. The molecular weight excluding hydrogens is 347 g/mol. The van der Waals surface area contributed by atoms with Crippen molar-refractivity contribution in [3.8, 4) is 0 Å². The third kappa shape index (κ3) is 3.65. The van der Waals surface area contributed by atoms with E-state index in [9.17, 15) is 19.1 Å². The van der Waals surface area contributed by atoms with E-state index in [2.05, 4.69) is 0 Å². The molecule has 1 aliphatic rings. The molecule has 2 amide bonds. The van der Waals surface area contributed by atoms with E-state index in [1.165, 1.54) is 34.1 Å². The van der Waals surface area contributed by atoms with Gasteiger partial charge in [-0.05, 0) is 29.8 Å². The first-order chi connectivity index (χ1) is 12.0. The molecule has 0 aromatic heterocycles. The fourth-order valence-corrected chi connectivity index (χ4v) is 2.98. The Hall–Kier alpha value is -2.44. The lowest BCUT2D eigenvalue weighted by Crippen LogP contribution is -2.53. The average molecular weight is 363 g/mol. The zero-order valence-corrected chi connectivity index (χ0v) is 14.0. The van der Waals surface area contributed by atoms with Crippen LogP contribution in [0.2, 0.25) is 5.02 Å². The minimum Gasteiger partial charge on any atom is -0.378 e. The summed E-state index contributed by atoms with van der Waals surface area (Å²) in [5.74, 6) is -1.32. The Morgan fingerprint density at radius 1 is 1.12 bits per heavy atom. The lowest BCUT2D eigenvalue weighted by atomic mass is 10.1. The average Bonchev–Trinajstić information content (AvgIpc) is 2.62. The number of hydrogen-bond acceptors (Lipinski definition) is 3.